The Morgan fingerprint density at radius 2 is 1.61 bits per heavy atom. The Bertz CT molecular complexity index is 1610. The summed E-state index contributed by atoms with van der Waals surface area (Å²) in [5, 5.41) is 2.86. The van der Waals surface area contributed by atoms with Crippen LogP contribution >= 0.6 is 0 Å². The predicted molar refractivity (Wildman–Crippen MR) is 137 cm³/mol. The highest BCUT2D eigenvalue weighted by Crippen LogP contribution is 2.40. The molecule has 0 saturated carbocycles. The van der Waals surface area contributed by atoms with Crippen LogP contribution < -0.4 is 25.1 Å². The second-order valence-electron chi connectivity index (χ2n) is 8.07. The topological polar surface area (TPSA) is 96.1 Å². The maximum absolute atomic E-state index is 13.1. The molecule has 9 heteroatoms. The Morgan fingerprint density at radius 3 is 2.28 bits per heavy atom. The Balaban J connectivity index is 1.41. The van der Waals surface area contributed by atoms with Crippen LogP contribution in [0.4, 0.5) is 5.69 Å². The van der Waals surface area contributed by atoms with E-state index in [4.69, 9.17) is 14.2 Å². The quantitative estimate of drug-likeness (QED) is 0.376. The molecule has 0 aliphatic heterocycles. The molecule has 0 saturated heterocycles. The van der Waals surface area contributed by atoms with Crippen LogP contribution in [0.1, 0.15) is 15.9 Å². The van der Waals surface area contributed by atoms with Gasteiger partial charge in [-0.05, 0) is 42.0 Å². The summed E-state index contributed by atoms with van der Waals surface area (Å²) in [5.41, 5.74) is 3.72. The van der Waals surface area contributed by atoms with Crippen molar-refractivity contribution in [3.8, 4) is 17.2 Å². The number of carbonyl (C=O) groups is 1. The third-order valence-corrected chi connectivity index (χ3v) is 5.97. The fourth-order valence-corrected chi connectivity index (χ4v) is 4.23. The van der Waals surface area contributed by atoms with Gasteiger partial charge in [0.2, 0.25) is 5.75 Å². The van der Waals surface area contributed by atoms with Crippen LogP contribution in [0, 0.1) is 0 Å². The number of methoxy groups -OCH3 is 3. The Kier molecular flexibility index (Phi) is 6.03. The molecular formula is C27H24N4O5. The van der Waals surface area contributed by atoms with Crippen molar-refractivity contribution in [2.45, 2.75) is 6.54 Å². The van der Waals surface area contributed by atoms with Crippen LogP contribution in [0.2, 0.25) is 0 Å². The van der Waals surface area contributed by atoms with Crippen molar-refractivity contribution in [2.75, 3.05) is 26.6 Å². The van der Waals surface area contributed by atoms with E-state index >= 15 is 0 Å². The standard InChI is InChI=1S/C27H24N4O5/c1-34-22-14-19(15-23(35-2)24(22)36-3)29-26(32)18-10-8-17(9-11-18)16-31-25-20(6-4-12-28-25)30-13-5-7-21(30)27(31)33/h4-15H,16H2,1-3H3,(H,29,32). The number of benzene rings is 2. The number of ether oxygens (including phenoxy) is 3. The minimum Gasteiger partial charge on any atom is -0.493 e. The lowest BCUT2D eigenvalue weighted by Crippen LogP contribution is -2.24. The van der Waals surface area contributed by atoms with Crippen molar-refractivity contribution in [3.05, 3.63) is 94.5 Å². The highest BCUT2D eigenvalue weighted by molar-refractivity contribution is 6.04. The highest BCUT2D eigenvalue weighted by atomic mass is 16.5. The van der Waals surface area contributed by atoms with E-state index in [0.717, 1.165) is 11.1 Å². The molecule has 1 N–H and O–H groups in total. The summed E-state index contributed by atoms with van der Waals surface area (Å²) >= 11 is 0. The van der Waals surface area contributed by atoms with Gasteiger partial charge in [-0.25, -0.2) is 4.98 Å². The van der Waals surface area contributed by atoms with Crippen LogP contribution in [-0.2, 0) is 6.54 Å². The predicted octanol–water partition coefficient (Wildman–Crippen LogP) is 3.98. The van der Waals surface area contributed by atoms with Crippen molar-refractivity contribution in [1.82, 2.24) is 14.0 Å². The van der Waals surface area contributed by atoms with Gasteiger partial charge in [-0.15, -0.1) is 0 Å². The SMILES string of the molecule is COc1cc(NC(=O)c2ccc(Cn3c(=O)c4cccn4c4cccnc43)cc2)cc(OC)c1OC. The van der Waals surface area contributed by atoms with E-state index in [9.17, 15) is 9.59 Å². The van der Waals surface area contributed by atoms with Crippen molar-refractivity contribution in [3.63, 3.8) is 0 Å². The first-order valence-corrected chi connectivity index (χ1v) is 11.2. The molecule has 0 fully saturated rings. The number of fused-ring (bicyclic) bond motifs is 3. The molecule has 0 unspecified atom stereocenters. The van der Waals surface area contributed by atoms with Crippen LogP contribution in [0.25, 0.3) is 16.7 Å². The summed E-state index contributed by atoms with van der Waals surface area (Å²) in [4.78, 5) is 30.5. The minimum atomic E-state index is -0.297. The third kappa shape index (κ3) is 4.00. The van der Waals surface area contributed by atoms with Crippen LogP contribution in [0.3, 0.4) is 0 Å². The maximum atomic E-state index is 13.1. The van der Waals surface area contributed by atoms with Gasteiger partial charge in [0.25, 0.3) is 11.5 Å². The van der Waals surface area contributed by atoms with Crippen LogP contribution in [0.5, 0.6) is 17.2 Å². The van der Waals surface area contributed by atoms with Crippen LogP contribution in [-0.4, -0.2) is 41.2 Å². The molecule has 3 aromatic heterocycles. The molecule has 5 rings (SSSR count). The molecule has 0 aliphatic rings. The molecule has 36 heavy (non-hydrogen) atoms. The van der Waals surface area contributed by atoms with Gasteiger partial charge in [0.1, 0.15) is 5.52 Å². The van der Waals surface area contributed by atoms with Crippen molar-refractivity contribution in [2.24, 2.45) is 0 Å². The molecule has 9 nitrogen and oxygen atoms in total. The van der Waals surface area contributed by atoms with Gasteiger partial charge in [-0.1, -0.05) is 12.1 Å². The zero-order valence-corrected chi connectivity index (χ0v) is 20.0. The first-order valence-electron chi connectivity index (χ1n) is 11.2. The van der Waals surface area contributed by atoms with E-state index in [1.165, 1.54) is 21.3 Å². The molecule has 2 aromatic carbocycles. The van der Waals surface area contributed by atoms with Crippen molar-refractivity contribution >= 4 is 28.3 Å². The Labute approximate surface area is 206 Å². The van der Waals surface area contributed by atoms with E-state index < -0.39 is 0 Å². The molecule has 1 amide bonds. The summed E-state index contributed by atoms with van der Waals surface area (Å²) in [6, 6.07) is 17.8. The van der Waals surface area contributed by atoms with Gasteiger partial charge < -0.3 is 23.9 Å². The smallest absolute Gasteiger partial charge is 0.276 e. The van der Waals surface area contributed by atoms with Gasteiger partial charge in [-0.3, -0.25) is 14.2 Å². The summed E-state index contributed by atoms with van der Waals surface area (Å²) in [5.74, 6) is 1.02. The van der Waals surface area contributed by atoms with Gasteiger partial charge in [0.05, 0.1) is 33.4 Å². The molecule has 5 aromatic rings. The number of nitrogens with one attached hydrogen (secondary N) is 1. The number of hydrogen-bond acceptors (Lipinski definition) is 6. The van der Waals surface area contributed by atoms with Gasteiger partial charge >= 0.3 is 0 Å². The first-order chi connectivity index (χ1) is 17.5. The fraction of sp³-hybridized carbons (Fsp3) is 0.148. The lowest BCUT2D eigenvalue weighted by Gasteiger charge is -2.15. The Morgan fingerprint density at radius 1 is 0.917 bits per heavy atom. The number of amides is 1. The van der Waals surface area contributed by atoms with E-state index in [1.54, 1.807) is 41.1 Å². The summed E-state index contributed by atoms with van der Waals surface area (Å²) in [6.07, 6.45) is 3.52. The second kappa shape index (κ2) is 9.46. The van der Waals surface area contributed by atoms with Crippen molar-refractivity contribution < 1.29 is 19.0 Å². The van der Waals surface area contributed by atoms with E-state index in [-0.39, 0.29) is 11.5 Å². The molecule has 0 spiro atoms. The van der Waals surface area contributed by atoms with Crippen LogP contribution in [0.15, 0.2) is 77.9 Å². The largest absolute Gasteiger partial charge is 0.493 e. The number of rotatable bonds is 7. The number of aromatic nitrogens is 3. The second-order valence-corrected chi connectivity index (χ2v) is 8.07. The highest BCUT2D eigenvalue weighted by Gasteiger charge is 2.16. The lowest BCUT2D eigenvalue weighted by molar-refractivity contribution is 0.102. The summed E-state index contributed by atoms with van der Waals surface area (Å²) in [6.45, 7) is 0.322. The number of nitrogens with zero attached hydrogens (tertiary/aromatic N) is 3. The van der Waals surface area contributed by atoms with Crippen molar-refractivity contribution in [1.29, 1.82) is 0 Å². The van der Waals surface area contributed by atoms with Gasteiger partial charge in [-0.2, -0.15) is 0 Å². The number of hydrogen-bond donors (Lipinski definition) is 1. The minimum absolute atomic E-state index is 0.129. The first kappa shape index (κ1) is 23.0. The van der Waals surface area contributed by atoms with E-state index in [2.05, 4.69) is 10.3 Å². The molecule has 3 heterocycles. The number of carbonyl (C=O) groups excluding carboxylic acids is 1. The molecular weight excluding hydrogens is 460 g/mol. The fourth-order valence-electron chi connectivity index (χ4n) is 4.23. The molecule has 0 bridgehead atoms. The third-order valence-electron chi connectivity index (χ3n) is 5.97. The summed E-state index contributed by atoms with van der Waals surface area (Å²) in [7, 11) is 4.55. The monoisotopic (exact) mass is 484 g/mol. The van der Waals surface area contributed by atoms with E-state index in [1.807, 2.05) is 40.9 Å². The normalized spacial score (nSPS) is 11.0. The van der Waals surface area contributed by atoms with Gasteiger partial charge in [0.15, 0.2) is 17.1 Å². The molecule has 182 valence electrons. The Hall–Kier alpha value is -4.79. The maximum Gasteiger partial charge on any atom is 0.276 e. The zero-order valence-electron chi connectivity index (χ0n) is 20.0. The molecule has 0 atom stereocenters. The lowest BCUT2D eigenvalue weighted by atomic mass is 10.1. The average molecular weight is 485 g/mol. The zero-order chi connectivity index (χ0) is 25.2. The van der Waals surface area contributed by atoms with Gasteiger partial charge in [0, 0.05) is 35.8 Å². The average Bonchev–Trinajstić information content (AvgIpc) is 3.41. The number of anilines is 1. The van der Waals surface area contributed by atoms with E-state index in [0.29, 0.717) is 46.2 Å². The summed E-state index contributed by atoms with van der Waals surface area (Å²) < 4.78 is 19.5. The molecule has 0 aliphatic carbocycles. The molecule has 0 radical (unpaired) electrons. The number of pyridine rings is 1.